The fraction of sp³-hybridized carbons (Fsp3) is 0.556. The Bertz CT molecular complexity index is 489. The molecule has 2 amide bonds. The lowest BCUT2D eigenvalue weighted by Gasteiger charge is -2.12. The number of hydrazone groups is 2. The maximum atomic E-state index is 11.6. The van der Waals surface area contributed by atoms with Crippen molar-refractivity contribution in [1.82, 2.24) is 10.9 Å². The number of nitrogens with one attached hydrogen (secondary N) is 2. The molecule has 2 aliphatic carbocycles. The summed E-state index contributed by atoms with van der Waals surface area (Å²) in [7, 11) is 0. The van der Waals surface area contributed by atoms with Crippen molar-refractivity contribution in [2.45, 2.75) is 51.4 Å². The van der Waals surface area contributed by atoms with Gasteiger partial charge in [-0.25, -0.2) is 10.9 Å². The van der Waals surface area contributed by atoms with Gasteiger partial charge in [0, 0.05) is 25.3 Å². The van der Waals surface area contributed by atoms with E-state index in [1.807, 2.05) is 0 Å². The molecule has 0 radical (unpaired) electrons. The van der Waals surface area contributed by atoms with E-state index in [0.717, 1.165) is 38.5 Å². The van der Waals surface area contributed by atoms with Crippen molar-refractivity contribution in [1.29, 1.82) is 0 Å². The third kappa shape index (κ3) is 7.35. The quantitative estimate of drug-likeness (QED) is 0.427. The first-order chi connectivity index (χ1) is 11.7. The molecule has 130 valence electrons. The van der Waals surface area contributed by atoms with Gasteiger partial charge in [-0.2, -0.15) is 10.2 Å². The van der Waals surface area contributed by atoms with Gasteiger partial charge in [0.05, 0.1) is 0 Å². The van der Waals surface area contributed by atoms with Gasteiger partial charge in [0.2, 0.25) is 11.8 Å². The van der Waals surface area contributed by atoms with Gasteiger partial charge in [-0.3, -0.25) is 9.59 Å². The summed E-state index contributed by atoms with van der Waals surface area (Å²) in [6.45, 7) is 0. The molecule has 2 rings (SSSR count). The van der Waals surface area contributed by atoms with Crippen LogP contribution in [0.4, 0.5) is 0 Å². The predicted octanol–water partition coefficient (Wildman–Crippen LogP) is 2.68. The lowest BCUT2D eigenvalue weighted by atomic mass is 9.96. The molecule has 0 aromatic carbocycles. The van der Waals surface area contributed by atoms with Gasteiger partial charge in [-0.1, -0.05) is 24.3 Å². The highest BCUT2D eigenvalue weighted by atomic mass is 16.2. The van der Waals surface area contributed by atoms with Gasteiger partial charge in [0.1, 0.15) is 0 Å². The van der Waals surface area contributed by atoms with Crippen LogP contribution in [-0.2, 0) is 9.59 Å². The summed E-state index contributed by atoms with van der Waals surface area (Å²) in [5.74, 6) is 0.272. The molecular weight excluding hydrogens is 304 g/mol. The van der Waals surface area contributed by atoms with Crippen LogP contribution in [0.15, 0.2) is 34.5 Å². The molecule has 0 aliphatic heterocycles. The Morgan fingerprint density at radius 2 is 1.29 bits per heavy atom. The van der Waals surface area contributed by atoms with E-state index in [2.05, 4.69) is 45.4 Å². The van der Waals surface area contributed by atoms with E-state index < -0.39 is 0 Å². The Labute approximate surface area is 143 Å². The monoisotopic (exact) mass is 330 g/mol. The van der Waals surface area contributed by atoms with Crippen LogP contribution in [0, 0.1) is 11.8 Å². The summed E-state index contributed by atoms with van der Waals surface area (Å²) in [5, 5.41) is 7.94. The molecule has 2 atom stereocenters. The van der Waals surface area contributed by atoms with E-state index >= 15 is 0 Å². The third-order valence-corrected chi connectivity index (χ3v) is 4.15. The van der Waals surface area contributed by atoms with Gasteiger partial charge in [-0.05, 0) is 50.4 Å². The number of allylic oxidation sites excluding steroid dienone is 4. The van der Waals surface area contributed by atoms with Crippen LogP contribution in [0.1, 0.15) is 51.4 Å². The number of carbonyl (C=O) groups is 2. The highest BCUT2D eigenvalue weighted by Gasteiger charge is 2.09. The second kappa shape index (κ2) is 10.5. The van der Waals surface area contributed by atoms with Gasteiger partial charge in [0.25, 0.3) is 0 Å². The Morgan fingerprint density at radius 1 is 0.833 bits per heavy atom. The van der Waals surface area contributed by atoms with Crippen molar-refractivity contribution >= 4 is 24.2 Å². The van der Waals surface area contributed by atoms with Crippen LogP contribution in [-0.4, -0.2) is 24.2 Å². The normalized spacial score (nSPS) is 23.7. The van der Waals surface area contributed by atoms with Gasteiger partial charge < -0.3 is 0 Å². The molecule has 0 aromatic heterocycles. The van der Waals surface area contributed by atoms with Gasteiger partial charge >= 0.3 is 0 Å². The molecule has 0 fully saturated rings. The van der Waals surface area contributed by atoms with Crippen molar-refractivity contribution in [3.8, 4) is 0 Å². The highest BCUT2D eigenvalue weighted by Crippen LogP contribution is 2.16. The second-order valence-corrected chi connectivity index (χ2v) is 6.22. The van der Waals surface area contributed by atoms with E-state index in [0.29, 0.717) is 11.8 Å². The molecule has 0 bridgehead atoms. The summed E-state index contributed by atoms with van der Waals surface area (Å²) in [5.41, 5.74) is 4.95. The van der Waals surface area contributed by atoms with Gasteiger partial charge in [-0.15, -0.1) is 0 Å². The maximum absolute atomic E-state index is 11.6. The number of amides is 2. The minimum atomic E-state index is -0.255. The first-order valence-electron chi connectivity index (χ1n) is 8.68. The topological polar surface area (TPSA) is 82.9 Å². The Kier molecular flexibility index (Phi) is 7.93. The molecular formula is C18H26N4O2. The average molecular weight is 330 g/mol. The molecule has 2 N–H and O–H groups in total. The van der Waals surface area contributed by atoms with Crippen LogP contribution in [0.3, 0.4) is 0 Å². The third-order valence-electron chi connectivity index (χ3n) is 4.15. The molecule has 0 aromatic rings. The fourth-order valence-corrected chi connectivity index (χ4v) is 2.67. The first kappa shape index (κ1) is 18.1. The minimum Gasteiger partial charge on any atom is -0.273 e. The lowest BCUT2D eigenvalue weighted by molar-refractivity contribution is -0.126. The second-order valence-electron chi connectivity index (χ2n) is 6.22. The fourth-order valence-electron chi connectivity index (χ4n) is 2.67. The van der Waals surface area contributed by atoms with Crippen LogP contribution >= 0.6 is 0 Å². The van der Waals surface area contributed by atoms with E-state index in [-0.39, 0.29) is 24.7 Å². The predicted molar refractivity (Wildman–Crippen MR) is 95.5 cm³/mol. The summed E-state index contributed by atoms with van der Waals surface area (Å²) in [6.07, 6.45) is 18.6. The Hall–Kier alpha value is -2.24. The maximum Gasteiger partial charge on any atom is 0.240 e. The van der Waals surface area contributed by atoms with Crippen LogP contribution in [0.2, 0.25) is 0 Å². The van der Waals surface area contributed by atoms with E-state index in [9.17, 15) is 9.59 Å². The van der Waals surface area contributed by atoms with Crippen LogP contribution < -0.4 is 10.9 Å². The summed E-state index contributed by atoms with van der Waals surface area (Å²) < 4.78 is 0. The van der Waals surface area contributed by atoms with Crippen LogP contribution in [0.25, 0.3) is 0 Å². The van der Waals surface area contributed by atoms with Crippen molar-refractivity contribution in [2.24, 2.45) is 22.0 Å². The molecule has 0 heterocycles. The van der Waals surface area contributed by atoms with Crippen molar-refractivity contribution in [3.63, 3.8) is 0 Å². The van der Waals surface area contributed by atoms with Crippen LogP contribution in [0.5, 0.6) is 0 Å². The van der Waals surface area contributed by atoms with Crippen molar-refractivity contribution < 1.29 is 9.59 Å². The minimum absolute atomic E-state index is 0.107. The van der Waals surface area contributed by atoms with E-state index in [1.54, 1.807) is 12.4 Å². The molecule has 6 nitrogen and oxygen atoms in total. The van der Waals surface area contributed by atoms with Crippen molar-refractivity contribution in [2.75, 3.05) is 0 Å². The Morgan fingerprint density at radius 3 is 1.67 bits per heavy atom. The van der Waals surface area contributed by atoms with Crippen molar-refractivity contribution in [3.05, 3.63) is 24.3 Å². The number of hydrogen-bond acceptors (Lipinski definition) is 4. The number of rotatable bonds is 7. The zero-order valence-electron chi connectivity index (χ0n) is 14.0. The average Bonchev–Trinajstić information content (AvgIpc) is 2.62. The SMILES string of the molecule is O=C(CCC(=O)N/N=C\[C@H]1CC=CCC1)N/N=C\[C@@H]1CC=CCC1. The van der Waals surface area contributed by atoms with Gasteiger partial charge in [0.15, 0.2) is 0 Å². The number of hydrogen-bond donors (Lipinski definition) is 2. The standard InChI is InChI=1S/C18H26N4O2/c23-17(21-19-13-15-7-3-1-4-8-15)11-12-18(24)22-20-14-16-9-5-2-6-10-16/h1-3,5,13-16H,4,6-12H2,(H,21,23)(H,22,24)/b19-13-,20-14-/t15-,16+. The van der Waals surface area contributed by atoms with E-state index in [1.165, 1.54) is 0 Å². The number of carbonyl (C=O) groups excluding carboxylic acids is 2. The molecule has 0 unspecified atom stereocenters. The molecule has 2 aliphatic rings. The molecule has 6 heteroatoms. The zero-order chi connectivity index (χ0) is 17.0. The summed E-state index contributed by atoms with van der Waals surface area (Å²) in [4.78, 5) is 23.3. The zero-order valence-corrected chi connectivity index (χ0v) is 14.0. The first-order valence-corrected chi connectivity index (χ1v) is 8.68. The molecule has 0 spiro atoms. The highest BCUT2D eigenvalue weighted by molar-refractivity contribution is 5.84. The lowest BCUT2D eigenvalue weighted by Crippen LogP contribution is -2.23. The molecule has 0 saturated heterocycles. The Balaban J connectivity index is 1.56. The number of nitrogens with zero attached hydrogens (tertiary/aromatic N) is 2. The smallest absolute Gasteiger partial charge is 0.240 e. The molecule has 24 heavy (non-hydrogen) atoms. The molecule has 0 saturated carbocycles. The largest absolute Gasteiger partial charge is 0.273 e. The summed E-state index contributed by atoms with van der Waals surface area (Å²) >= 11 is 0. The van der Waals surface area contributed by atoms with E-state index in [4.69, 9.17) is 0 Å². The summed E-state index contributed by atoms with van der Waals surface area (Å²) in [6, 6.07) is 0.